The first-order chi connectivity index (χ1) is 18.7. The number of halogens is 3. The molecule has 1 spiro atoms. The Morgan fingerprint density at radius 3 is 2.67 bits per heavy atom. The summed E-state index contributed by atoms with van der Waals surface area (Å²) in [6.07, 6.45) is 0.332. The Kier molecular flexibility index (Phi) is 7.33. The van der Waals surface area contributed by atoms with Gasteiger partial charge in [-0.05, 0) is 42.8 Å². The third-order valence-electron chi connectivity index (χ3n) is 7.49. The summed E-state index contributed by atoms with van der Waals surface area (Å²) in [7, 11) is 0. The van der Waals surface area contributed by atoms with Gasteiger partial charge in [0.2, 0.25) is 6.04 Å². The first-order valence-corrected chi connectivity index (χ1v) is 13.1. The van der Waals surface area contributed by atoms with E-state index in [2.05, 4.69) is 5.32 Å². The molecular formula is C28H24Cl2FN3O5. The Morgan fingerprint density at radius 2 is 1.95 bits per heavy atom. The fourth-order valence-electron chi connectivity index (χ4n) is 6.12. The second-order valence-corrected chi connectivity index (χ2v) is 10.3. The number of likely N-dealkylation sites (tertiary alicyclic amines) is 1. The Labute approximate surface area is 233 Å². The summed E-state index contributed by atoms with van der Waals surface area (Å²) in [5, 5.41) is 15.7. The molecular weight excluding hydrogens is 548 g/mol. The third kappa shape index (κ3) is 4.34. The topological polar surface area (TPSA) is 102 Å². The van der Waals surface area contributed by atoms with Crippen LogP contribution in [0.5, 0.6) is 5.75 Å². The Balaban J connectivity index is 1.81. The molecule has 11 heteroatoms. The number of anilines is 1. The summed E-state index contributed by atoms with van der Waals surface area (Å²) >= 11 is 12.4. The molecule has 1 N–H and O–H groups in total. The molecule has 202 valence electrons. The minimum Gasteiger partial charge on any atom is -0.494 e. The number of benzene rings is 3. The van der Waals surface area contributed by atoms with Crippen molar-refractivity contribution >= 4 is 41.1 Å². The molecule has 2 aliphatic rings. The molecule has 0 radical (unpaired) electrons. The van der Waals surface area contributed by atoms with E-state index in [4.69, 9.17) is 27.9 Å². The Hall–Kier alpha value is -3.53. The number of aldehydes is 1. The lowest BCUT2D eigenvalue weighted by molar-refractivity contribution is -0.528. The van der Waals surface area contributed by atoms with E-state index in [1.807, 2.05) is 6.92 Å². The first kappa shape index (κ1) is 27.1. The molecule has 3 aromatic carbocycles. The van der Waals surface area contributed by atoms with Gasteiger partial charge in [0.15, 0.2) is 0 Å². The van der Waals surface area contributed by atoms with Crippen molar-refractivity contribution in [1.82, 2.24) is 4.90 Å². The van der Waals surface area contributed by atoms with Crippen molar-refractivity contribution in [3.05, 3.63) is 103 Å². The molecule has 0 saturated carbocycles. The summed E-state index contributed by atoms with van der Waals surface area (Å²) < 4.78 is 21.3. The van der Waals surface area contributed by atoms with Crippen molar-refractivity contribution in [2.75, 3.05) is 11.9 Å². The zero-order valence-corrected chi connectivity index (χ0v) is 22.3. The van der Waals surface area contributed by atoms with Crippen molar-refractivity contribution in [3.8, 4) is 5.75 Å². The van der Waals surface area contributed by atoms with E-state index in [0.29, 0.717) is 40.5 Å². The van der Waals surface area contributed by atoms with Crippen LogP contribution in [0.1, 0.15) is 36.0 Å². The summed E-state index contributed by atoms with van der Waals surface area (Å²) in [5.41, 5.74) is -0.368. The maximum atomic E-state index is 15.7. The van der Waals surface area contributed by atoms with Crippen LogP contribution in [0.25, 0.3) is 0 Å². The molecule has 0 aliphatic carbocycles. The van der Waals surface area contributed by atoms with Crippen LogP contribution in [0, 0.1) is 15.9 Å². The monoisotopic (exact) mass is 571 g/mol. The highest BCUT2D eigenvalue weighted by atomic mass is 35.5. The van der Waals surface area contributed by atoms with Crippen LogP contribution in [0.2, 0.25) is 10.0 Å². The quantitative estimate of drug-likeness (QED) is 0.215. The van der Waals surface area contributed by atoms with Crippen LogP contribution in [0.3, 0.4) is 0 Å². The van der Waals surface area contributed by atoms with Crippen molar-refractivity contribution in [1.29, 1.82) is 0 Å². The minimum absolute atomic E-state index is 0.0396. The number of nitrogens with one attached hydrogen (secondary N) is 1. The number of ether oxygens (including phenoxy) is 1. The second-order valence-electron chi connectivity index (χ2n) is 9.49. The standard InChI is InChI=1S/C28H24Cl2FN3O5/c1-2-39-18-6-3-5-16(13-18)15-33-23(11-12-35)26(34(37)38)24(19-7-4-8-21(30)25(19)31)28(33)20-10-9-17(29)14-22(20)32-27(28)36/h3-10,12-14,23-24,26H,2,11,15H2,1H3,(H,32,36)/t23-,24-,26+,28+/m0/s1. The number of carbonyl (C=O) groups excluding carboxylic acids is 2. The lowest BCUT2D eigenvalue weighted by Gasteiger charge is -2.38. The Morgan fingerprint density at radius 1 is 1.18 bits per heavy atom. The molecule has 1 saturated heterocycles. The van der Waals surface area contributed by atoms with Crippen LogP contribution < -0.4 is 10.1 Å². The van der Waals surface area contributed by atoms with Crippen molar-refractivity contribution < 1.29 is 23.6 Å². The van der Waals surface area contributed by atoms with Crippen molar-refractivity contribution in [3.63, 3.8) is 0 Å². The number of carbonyl (C=O) groups is 2. The van der Waals surface area contributed by atoms with E-state index >= 15 is 4.39 Å². The van der Waals surface area contributed by atoms with Crippen LogP contribution in [-0.2, 0) is 21.7 Å². The normalized spacial score (nSPS) is 24.0. The van der Waals surface area contributed by atoms with Crippen molar-refractivity contribution in [2.45, 2.75) is 43.4 Å². The summed E-state index contributed by atoms with van der Waals surface area (Å²) in [6.45, 7) is 2.32. The minimum atomic E-state index is -1.75. The molecule has 8 nitrogen and oxygen atoms in total. The summed E-state index contributed by atoms with van der Waals surface area (Å²) in [5.74, 6) is -2.17. The maximum Gasteiger partial charge on any atom is 0.250 e. The Bertz CT molecular complexity index is 1470. The molecule has 1 fully saturated rings. The van der Waals surface area contributed by atoms with Crippen LogP contribution in [-0.4, -0.2) is 40.7 Å². The second kappa shape index (κ2) is 10.6. The lowest BCUT2D eigenvalue weighted by atomic mass is 9.73. The van der Waals surface area contributed by atoms with E-state index < -0.39 is 40.2 Å². The first-order valence-electron chi connectivity index (χ1n) is 12.3. The maximum absolute atomic E-state index is 15.7. The zero-order valence-electron chi connectivity index (χ0n) is 20.8. The molecule has 39 heavy (non-hydrogen) atoms. The largest absolute Gasteiger partial charge is 0.494 e. The molecule has 3 aromatic rings. The molecule has 0 bridgehead atoms. The number of amides is 1. The van der Waals surface area contributed by atoms with Gasteiger partial charge in [0.25, 0.3) is 5.91 Å². The van der Waals surface area contributed by atoms with E-state index in [-0.39, 0.29) is 23.6 Å². The predicted molar refractivity (Wildman–Crippen MR) is 144 cm³/mol. The van der Waals surface area contributed by atoms with E-state index in [9.17, 15) is 19.7 Å². The number of hydrogen-bond donors (Lipinski definition) is 1. The van der Waals surface area contributed by atoms with Crippen LogP contribution >= 0.6 is 23.2 Å². The fourth-order valence-corrected chi connectivity index (χ4v) is 6.47. The average Bonchev–Trinajstić information content (AvgIpc) is 3.33. The van der Waals surface area contributed by atoms with Gasteiger partial charge < -0.3 is 14.8 Å². The number of nitro groups is 1. The zero-order chi connectivity index (χ0) is 27.9. The number of rotatable bonds is 8. The van der Waals surface area contributed by atoms with Crippen molar-refractivity contribution in [2.24, 2.45) is 0 Å². The third-order valence-corrected chi connectivity index (χ3v) is 8.01. The molecule has 0 unspecified atom stereocenters. The average molecular weight is 572 g/mol. The molecule has 2 aliphatic heterocycles. The predicted octanol–water partition coefficient (Wildman–Crippen LogP) is 5.58. The van der Waals surface area contributed by atoms with E-state index in [0.717, 1.165) is 0 Å². The summed E-state index contributed by atoms with van der Waals surface area (Å²) in [6, 6.07) is 13.5. The van der Waals surface area contributed by atoms with Crippen LogP contribution in [0.4, 0.5) is 10.1 Å². The molecule has 5 rings (SSSR count). The van der Waals surface area contributed by atoms with Crippen LogP contribution in [0.15, 0.2) is 60.7 Å². The number of nitrogens with zero attached hydrogens (tertiary/aromatic N) is 2. The van der Waals surface area contributed by atoms with E-state index in [1.165, 1.54) is 18.2 Å². The number of hydrogen-bond acceptors (Lipinski definition) is 6. The number of fused-ring (bicyclic) bond motifs is 2. The molecule has 2 heterocycles. The van der Waals surface area contributed by atoms with Gasteiger partial charge in [-0.3, -0.25) is 19.8 Å². The fraction of sp³-hybridized carbons (Fsp3) is 0.286. The molecule has 1 amide bonds. The van der Waals surface area contributed by atoms with E-state index in [1.54, 1.807) is 47.4 Å². The van der Waals surface area contributed by atoms with Gasteiger partial charge >= 0.3 is 0 Å². The SMILES string of the molecule is CCOc1cccc(CN2[C@@H](CC=O)[C@@H]([N+](=O)[O-])[C@H](c3cccc(Cl)c3F)[C@]23C(=O)Nc2cc(Cl)ccc23)c1. The van der Waals surface area contributed by atoms with Gasteiger partial charge in [0.05, 0.1) is 23.6 Å². The van der Waals surface area contributed by atoms with Gasteiger partial charge in [0.1, 0.15) is 23.4 Å². The highest BCUT2D eigenvalue weighted by Crippen LogP contribution is 2.59. The van der Waals surface area contributed by atoms with Gasteiger partial charge in [-0.25, -0.2) is 4.39 Å². The van der Waals surface area contributed by atoms with Gasteiger partial charge in [0, 0.05) is 39.7 Å². The highest BCUT2D eigenvalue weighted by Gasteiger charge is 2.71. The molecule has 4 atom stereocenters. The highest BCUT2D eigenvalue weighted by molar-refractivity contribution is 6.31. The van der Waals surface area contributed by atoms with Gasteiger partial charge in [-0.15, -0.1) is 0 Å². The van der Waals surface area contributed by atoms with Gasteiger partial charge in [-0.2, -0.15) is 0 Å². The summed E-state index contributed by atoms with van der Waals surface area (Å²) in [4.78, 5) is 39.9. The smallest absolute Gasteiger partial charge is 0.250 e. The molecule has 0 aromatic heterocycles. The van der Waals surface area contributed by atoms with Gasteiger partial charge in [-0.1, -0.05) is 53.5 Å². The lowest BCUT2D eigenvalue weighted by Crippen LogP contribution is -2.51.